The summed E-state index contributed by atoms with van der Waals surface area (Å²) in [5.41, 5.74) is 0.513. The zero-order chi connectivity index (χ0) is 15.2. The second-order valence-corrected chi connectivity index (χ2v) is 5.03. The molecule has 2 heterocycles. The van der Waals surface area contributed by atoms with Gasteiger partial charge >= 0.3 is 0 Å². The van der Waals surface area contributed by atoms with Crippen LogP contribution in [0.1, 0.15) is 5.56 Å². The molecule has 0 atom stereocenters. The number of hydrogen-bond acceptors (Lipinski definition) is 5. The fourth-order valence-electron chi connectivity index (χ4n) is 1.73. The molecule has 0 N–H and O–H groups in total. The second kappa shape index (κ2) is 6.47. The van der Waals surface area contributed by atoms with Gasteiger partial charge in [-0.05, 0) is 23.8 Å². The number of nitriles is 2. The monoisotopic (exact) mass is 294 g/mol. The number of thiazole rings is 1. The summed E-state index contributed by atoms with van der Waals surface area (Å²) in [5.74, 6) is 0. The van der Waals surface area contributed by atoms with Gasteiger partial charge in [-0.15, -0.1) is 17.9 Å². The number of allylic oxidation sites excluding steroid dienone is 1. The van der Waals surface area contributed by atoms with Gasteiger partial charge in [-0.25, -0.2) is 0 Å². The maximum absolute atomic E-state index is 12.4. The van der Waals surface area contributed by atoms with E-state index in [1.54, 1.807) is 36.7 Å². The Morgan fingerprint density at radius 2 is 2.05 bits per heavy atom. The first-order valence-corrected chi connectivity index (χ1v) is 6.79. The van der Waals surface area contributed by atoms with Crippen molar-refractivity contribution >= 4 is 23.0 Å². The minimum Gasteiger partial charge on any atom is -0.293 e. The molecular formula is C15H10N4OS. The van der Waals surface area contributed by atoms with E-state index in [0.717, 1.165) is 16.9 Å². The lowest BCUT2D eigenvalue weighted by molar-refractivity contribution is 0.775. The van der Waals surface area contributed by atoms with E-state index >= 15 is 0 Å². The predicted molar refractivity (Wildman–Crippen MR) is 80.5 cm³/mol. The lowest BCUT2D eigenvalue weighted by atomic mass is 10.2. The van der Waals surface area contributed by atoms with Gasteiger partial charge in [-0.3, -0.25) is 14.3 Å². The van der Waals surface area contributed by atoms with Gasteiger partial charge < -0.3 is 0 Å². The number of rotatable bonds is 3. The van der Waals surface area contributed by atoms with Crippen LogP contribution in [0.4, 0.5) is 0 Å². The number of pyridine rings is 1. The van der Waals surface area contributed by atoms with Crippen LogP contribution in [0.25, 0.3) is 11.6 Å². The molecule has 6 heteroatoms. The van der Waals surface area contributed by atoms with Crippen LogP contribution in [0.3, 0.4) is 0 Å². The molecule has 0 aliphatic carbocycles. The summed E-state index contributed by atoms with van der Waals surface area (Å²) in [5, 5.41) is 18.0. The normalized spacial score (nSPS) is 10.7. The van der Waals surface area contributed by atoms with Gasteiger partial charge in [0.25, 0.3) is 5.56 Å². The Kier molecular flexibility index (Phi) is 4.45. The Morgan fingerprint density at radius 1 is 1.38 bits per heavy atom. The first-order chi connectivity index (χ1) is 10.2. The first-order valence-electron chi connectivity index (χ1n) is 5.98. The molecule has 2 rings (SSSR count). The number of aromatic nitrogens is 2. The minimum absolute atomic E-state index is 0.0756. The van der Waals surface area contributed by atoms with Crippen LogP contribution in [-0.2, 0) is 6.54 Å². The van der Waals surface area contributed by atoms with Gasteiger partial charge in [0.2, 0.25) is 0 Å². The quantitative estimate of drug-likeness (QED) is 0.773. The molecule has 2 aromatic heterocycles. The summed E-state index contributed by atoms with van der Waals surface area (Å²) in [6.45, 7) is 3.85. The maximum Gasteiger partial charge on any atom is 0.269 e. The van der Waals surface area contributed by atoms with E-state index in [1.807, 2.05) is 12.1 Å². The van der Waals surface area contributed by atoms with Crippen molar-refractivity contribution in [2.45, 2.75) is 6.54 Å². The van der Waals surface area contributed by atoms with Crippen molar-refractivity contribution in [1.82, 2.24) is 9.55 Å². The number of nitrogens with zero attached hydrogens (tertiary/aromatic N) is 4. The van der Waals surface area contributed by atoms with E-state index in [9.17, 15) is 4.79 Å². The van der Waals surface area contributed by atoms with Gasteiger partial charge in [0, 0.05) is 18.9 Å². The molecule has 0 bridgehead atoms. The van der Waals surface area contributed by atoms with Gasteiger partial charge in [-0.1, -0.05) is 6.08 Å². The fraction of sp³-hybridized carbons (Fsp3) is 0.0667. The molecule has 0 amide bonds. The molecule has 0 spiro atoms. The van der Waals surface area contributed by atoms with Crippen molar-refractivity contribution < 1.29 is 0 Å². The first kappa shape index (κ1) is 14.4. The summed E-state index contributed by atoms with van der Waals surface area (Å²) in [6, 6.07) is 7.19. The van der Waals surface area contributed by atoms with Crippen molar-refractivity contribution in [3.05, 3.63) is 62.3 Å². The average Bonchev–Trinajstić information content (AvgIpc) is 2.80. The van der Waals surface area contributed by atoms with E-state index in [0.29, 0.717) is 9.20 Å². The van der Waals surface area contributed by atoms with E-state index in [-0.39, 0.29) is 17.7 Å². The predicted octanol–water partition coefficient (Wildman–Crippen LogP) is 0.517. The molecule has 0 aromatic carbocycles. The zero-order valence-corrected chi connectivity index (χ0v) is 11.8. The Balaban J connectivity index is 2.82. The van der Waals surface area contributed by atoms with Crippen molar-refractivity contribution in [3.63, 3.8) is 0 Å². The highest BCUT2D eigenvalue weighted by Crippen LogP contribution is 1.97. The lowest BCUT2D eigenvalue weighted by Gasteiger charge is -1.94. The van der Waals surface area contributed by atoms with Crippen molar-refractivity contribution in [2.75, 3.05) is 0 Å². The van der Waals surface area contributed by atoms with Crippen molar-refractivity contribution in [1.29, 1.82) is 10.5 Å². The standard InChI is InChI=1S/C15H10N4OS/c1-2-7-19-14(20)13(8-11-3-5-18-6-4-11)21-15(19)12(9-16)10-17/h2-6,8H,1,7H2/b13-8-. The van der Waals surface area contributed by atoms with Gasteiger partial charge in [0.1, 0.15) is 16.8 Å². The van der Waals surface area contributed by atoms with Crippen LogP contribution < -0.4 is 14.8 Å². The van der Waals surface area contributed by atoms with Crippen LogP contribution in [0.5, 0.6) is 0 Å². The average molecular weight is 294 g/mol. The van der Waals surface area contributed by atoms with E-state index in [4.69, 9.17) is 10.5 Å². The highest BCUT2D eigenvalue weighted by Gasteiger charge is 2.07. The third-order valence-corrected chi connectivity index (χ3v) is 3.79. The molecule has 5 nitrogen and oxygen atoms in total. The van der Waals surface area contributed by atoms with Crippen LogP contribution >= 0.6 is 11.3 Å². The largest absolute Gasteiger partial charge is 0.293 e. The second-order valence-electron chi connectivity index (χ2n) is 4.00. The molecule has 2 aromatic rings. The Hall–Kier alpha value is -2.96. The van der Waals surface area contributed by atoms with E-state index < -0.39 is 0 Å². The molecule has 0 saturated carbocycles. The third kappa shape index (κ3) is 2.97. The van der Waals surface area contributed by atoms with Gasteiger partial charge in [0.15, 0.2) is 5.57 Å². The van der Waals surface area contributed by atoms with Crippen molar-refractivity contribution in [2.24, 2.45) is 0 Å². The van der Waals surface area contributed by atoms with E-state index in [2.05, 4.69) is 11.6 Å². The zero-order valence-electron chi connectivity index (χ0n) is 11.0. The third-order valence-electron chi connectivity index (χ3n) is 2.66. The minimum atomic E-state index is -0.241. The molecule has 0 unspecified atom stereocenters. The van der Waals surface area contributed by atoms with E-state index in [1.165, 1.54) is 4.57 Å². The summed E-state index contributed by atoms with van der Waals surface area (Å²) < 4.78 is 2.19. The number of hydrogen-bond donors (Lipinski definition) is 0. The molecule has 21 heavy (non-hydrogen) atoms. The maximum atomic E-state index is 12.4. The molecule has 102 valence electrons. The van der Waals surface area contributed by atoms with Gasteiger partial charge in [0.05, 0.1) is 4.53 Å². The highest BCUT2D eigenvalue weighted by molar-refractivity contribution is 7.07. The summed E-state index contributed by atoms with van der Waals surface area (Å²) in [7, 11) is 0. The van der Waals surface area contributed by atoms with Crippen LogP contribution in [0.15, 0.2) is 42.0 Å². The molecule has 0 aliphatic heterocycles. The molecule has 0 fully saturated rings. The Labute approximate surface area is 124 Å². The smallest absolute Gasteiger partial charge is 0.269 e. The lowest BCUT2D eigenvalue weighted by Crippen LogP contribution is -2.31. The molecule has 0 saturated heterocycles. The summed E-state index contributed by atoms with van der Waals surface area (Å²) in [4.78, 5) is 16.3. The van der Waals surface area contributed by atoms with Crippen molar-refractivity contribution in [3.8, 4) is 12.1 Å². The Morgan fingerprint density at radius 3 is 2.62 bits per heavy atom. The van der Waals surface area contributed by atoms with Crippen LogP contribution in [0.2, 0.25) is 0 Å². The van der Waals surface area contributed by atoms with Gasteiger partial charge in [-0.2, -0.15) is 10.5 Å². The van der Waals surface area contributed by atoms with Crippen LogP contribution in [0, 0.1) is 22.7 Å². The topological polar surface area (TPSA) is 82.5 Å². The fourth-order valence-corrected chi connectivity index (χ4v) is 2.79. The van der Waals surface area contributed by atoms with Crippen LogP contribution in [-0.4, -0.2) is 9.55 Å². The molecule has 0 radical (unpaired) electrons. The molecular weight excluding hydrogens is 284 g/mol. The summed E-state index contributed by atoms with van der Waals surface area (Å²) >= 11 is 1.12. The Bertz CT molecular complexity index is 907. The highest BCUT2D eigenvalue weighted by atomic mass is 32.1. The molecule has 0 aliphatic rings. The SMILES string of the molecule is C=CCn1c(=C(C#N)C#N)s/c(=C\c2ccncc2)c1=O. The summed E-state index contributed by atoms with van der Waals surface area (Å²) in [6.07, 6.45) is 6.53.